The fourth-order valence-corrected chi connectivity index (χ4v) is 5.32. The van der Waals surface area contributed by atoms with Gasteiger partial charge in [-0.2, -0.15) is 0 Å². The number of aryl methyl sites for hydroxylation is 1. The predicted molar refractivity (Wildman–Crippen MR) is 133 cm³/mol. The SMILES string of the molecule is CCCn1c(=O)c2ccccc2n2c(SCc3csc(COc4ccc(Cl)cc4)n3)nnc12. The molecule has 33 heavy (non-hydrogen) atoms. The number of thiazole rings is 1. The lowest BCUT2D eigenvalue weighted by atomic mass is 10.2. The molecule has 3 heterocycles. The highest BCUT2D eigenvalue weighted by Crippen LogP contribution is 2.26. The van der Waals surface area contributed by atoms with Gasteiger partial charge in [0.2, 0.25) is 5.78 Å². The van der Waals surface area contributed by atoms with Crippen LogP contribution in [0.4, 0.5) is 0 Å². The second-order valence-corrected chi connectivity index (χ2v) is 9.68. The van der Waals surface area contributed by atoms with Gasteiger partial charge in [-0.25, -0.2) is 4.98 Å². The average Bonchev–Trinajstić information content (AvgIpc) is 3.47. The maximum absolute atomic E-state index is 13.0. The van der Waals surface area contributed by atoms with Gasteiger partial charge in [0.25, 0.3) is 5.56 Å². The molecule has 0 saturated carbocycles. The van der Waals surface area contributed by atoms with Crippen LogP contribution in [0.3, 0.4) is 0 Å². The summed E-state index contributed by atoms with van der Waals surface area (Å²) in [6.45, 7) is 3.04. The number of ether oxygens (including phenoxy) is 1. The molecule has 0 amide bonds. The number of halogens is 1. The van der Waals surface area contributed by atoms with Crippen molar-refractivity contribution in [1.82, 2.24) is 24.1 Å². The molecule has 10 heteroatoms. The van der Waals surface area contributed by atoms with E-state index in [0.717, 1.165) is 33.5 Å². The predicted octanol–water partition coefficient (Wildman–Crippen LogP) is 5.44. The minimum atomic E-state index is -0.0336. The molecule has 2 aromatic carbocycles. The number of thioether (sulfide) groups is 1. The first-order chi connectivity index (χ1) is 16.1. The molecule has 0 atom stereocenters. The fraction of sp³-hybridized carbons (Fsp3) is 0.217. The Labute approximate surface area is 203 Å². The molecule has 0 radical (unpaired) electrons. The standard InChI is InChI=1S/C23H20ClN5O2S2/c1-2-11-28-21(30)18-5-3-4-6-19(18)29-22(28)26-27-23(29)33-14-16-13-32-20(25-16)12-31-17-9-7-15(24)8-10-17/h3-10,13H,2,11-12,14H2,1H3. The van der Waals surface area contributed by atoms with Gasteiger partial charge in [0.15, 0.2) is 5.16 Å². The van der Waals surface area contributed by atoms with Crippen molar-refractivity contribution in [3.63, 3.8) is 0 Å². The van der Waals surface area contributed by atoms with E-state index in [2.05, 4.69) is 15.2 Å². The molecule has 0 spiro atoms. The van der Waals surface area contributed by atoms with Crippen molar-refractivity contribution in [3.05, 3.63) is 80.0 Å². The Kier molecular flexibility index (Phi) is 6.34. The molecule has 0 N–H and O–H groups in total. The summed E-state index contributed by atoms with van der Waals surface area (Å²) in [7, 11) is 0. The van der Waals surface area contributed by atoms with Crippen molar-refractivity contribution in [2.24, 2.45) is 0 Å². The third-order valence-electron chi connectivity index (χ3n) is 5.05. The molecule has 0 unspecified atom stereocenters. The van der Waals surface area contributed by atoms with Crippen molar-refractivity contribution >= 4 is 51.4 Å². The van der Waals surface area contributed by atoms with Crippen LogP contribution in [0, 0.1) is 0 Å². The van der Waals surface area contributed by atoms with Crippen LogP contribution in [0.25, 0.3) is 16.7 Å². The second-order valence-electron chi connectivity index (χ2n) is 7.36. The Morgan fingerprint density at radius 1 is 1.12 bits per heavy atom. The smallest absolute Gasteiger partial charge is 0.262 e. The Morgan fingerprint density at radius 2 is 1.94 bits per heavy atom. The number of benzene rings is 2. The number of aromatic nitrogens is 5. The van der Waals surface area contributed by atoms with Crippen LogP contribution in [-0.4, -0.2) is 24.1 Å². The minimum absolute atomic E-state index is 0.0336. The largest absolute Gasteiger partial charge is 0.486 e. The minimum Gasteiger partial charge on any atom is -0.486 e. The maximum Gasteiger partial charge on any atom is 0.262 e. The molecule has 168 valence electrons. The van der Waals surface area contributed by atoms with Gasteiger partial charge in [0, 0.05) is 22.7 Å². The van der Waals surface area contributed by atoms with Crippen molar-refractivity contribution in [2.45, 2.75) is 37.4 Å². The molecule has 7 nitrogen and oxygen atoms in total. The van der Waals surface area contributed by atoms with Crippen LogP contribution in [0.1, 0.15) is 24.0 Å². The summed E-state index contributed by atoms with van der Waals surface area (Å²) in [6.07, 6.45) is 0.836. The third-order valence-corrected chi connectivity index (χ3v) is 7.14. The van der Waals surface area contributed by atoms with E-state index in [-0.39, 0.29) is 5.56 Å². The highest BCUT2D eigenvalue weighted by Gasteiger charge is 2.17. The van der Waals surface area contributed by atoms with Gasteiger partial charge >= 0.3 is 0 Å². The van der Waals surface area contributed by atoms with Crippen LogP contribution in [0.15, 0.2) is 63.9 Å². The average molecular weight is 498 g/mol. The van der Waals surface area contributed by atoms with E-state index in [1.807, 2.05) is 53.1 Å². The number of rotatable bonds is 8. The molecule has 0 saturated heterocycles. The van der Waals surface area contributed by atoms with Crippen LogP contribution in [-0.2, 0) is 18.9 Å². The molecule has 5 rings (SSSR count). The van der Waals surface area contributed by atoms with Crippen molar-refractivity contribution in [3.8, 4) is 5.75 Å². The van der Waals surface area contributed by atoms with E-state index in [1.54, 1.807) is 39.8 Å². The van der Waals surface area contributed by atoms with Crippen molar-refractivity contribution in [2.75, 3.05) is 0 Å². The first-order valence-corrected chi connectivity index (χ1v) is 12.7. The number of nitrogens with zero attached hydrogens (tertiary/aromatic N) is 5. The summed E-state index contributed by atoms with van der Waals surface area (Å²) in [5, 5.41) is 13.7. The van der Waals surface area contributed by atoms with E-state index in [0.29, 0.717) is 35.1 Å². The number of hydrogen-bond donors (Lipinski definition) is 0. The lowest BCUT2D eigenvalue weighted by Gasteiger charge is -2.10. The molecule has 3 aromatic heterocycles. The molecule has 0 aliphatic heterocycles. The molecule has 0 fully saturated rings. The zero-order valence-corrected chi connectivity index (χ0v) is 20.2. The first-order valence-electron chi connectivity index (χ1n) is 10.4. The van der Waals surface area contributed by atoms with E-state index < -0.39 is 0 Å². The van der Waals surface area contributed by atoms with Gasteiger partial charge in [-0.05, 0) is 42.8 Å². The zero-order valence-electron chi connectivity index (χ0n) is 17.8. The monoisotopic (exact) mass is 497 g/mol. The van der Waals surface area contributed by atoms with E-state index >= 15 is 0 Å². The van der Waals surface area contributed by atoms with Gasteiger partial charge in [-0.1, -0.05) is 42.4 Å². The summed E-state index contributed by atoms with van der Waals surface area (Å²) >= 11 is 9.03. The van der Waals surface area contributed by atoms with Crippen LogP contribution in [0.2, 0.25) is 5.02 Å². The Balaban J connectivity index is 1.36. The van der Waals surface area contributed by atoms with E-state index in [4.69, 9.17) is 16.3 Å². The quantitative estimate of drug-likeness (QED) is 0.266. The molecular formula is C23H20ClN5O2S2. The highest BCUT2D eigenvalue weighted by atomic mass is 35.5. The third kappa shape index (κ3) is 4.48. The molecule has 0 aliphatic carbocycles. The van der Waals surface area contributed by atoms with Crippen molar-refractivity contribution < 1.29 is 4.74 Å². The Bertz CT molecular complexity index is 1480. The first kappa shape index (κ1) is 21.9. The summed E-state index contributed by atoms with van der Waals surface area (Å²) in [4.78, 5) is 17.6. The number of hydrogen-bond acceptors (Lipinski definition) is 7. The van der Waals surface area contributed by atoms with E-state index in [9.17, 15) is 4.79 Å². The van der Waals surface area contributed by atoms with Gasteiger partial charge in [0.1, 0.15) is 17.4 Å². The zero-order chi connectivity index (χ0) is 22.8. The number of fused-ring (bicyclic) bond motifs is 3. The van der Waals surface area contributed by atoms with E-state index in [1.165, 1.54) is 0 Å². The summed E-state index contributed by atoms with van der Waals surface area (Å²) in [5.41, 5.74) is 1.73. The maximum atomic E-state index is 13.0. The number of para-hydroxylation sites is 1. The molecule has 0 bridgehead atoms. The van der Waals surface area contributed by atoms with Crippen LogP contribution in [0.5, 0.6) is 5.75 Å². The highest BCUT2D eigenvalue weighted by molar-refractivity contribution is 7.98. The van der Waals surface area contributed by atoms with Gasteiger partial charge in [-0.3, -0.25) is 13.8 Å². The molecule has 0 aliphatic rings. The Morgan fingerprint density at radius 3 is 2.76 bits per heavy atom. The summed E-state index contributed by atoms with van der Waals surface area (Å²) in [6, 6.07) is 14.9. The lowest BCUT2D eigenvalue weighted by molar-refractivity contribution is 0.305. The lowest BCUT2D eigenvalue weighted by Crippen LogP contribution is -2.23. The normalized spacial score (nSPS) is 11.5. The summed E-state index contributed by atoms with van der Waals surface area (Å²) < 4.78 is 9.46. The topological polar surface area (TPSA) is 74.3 Å². The Hall–Kier alpha value is -2.88. The van der Waals surface area contributed by atoms with Gasteiger partial charge in [-0.15, -0.1) is 21.5 Å². The van der Waals surface area contributed by atoms with Gasteiger partial charge < -0.3 is 4.74 Å². The molecular weight excluding hydrogens is 478 g/mol. The van der Waals surface area contributed by atoms with Crippen LogP contribution < -0.4 is 10.3 Å². The molecule has 5 aromatic rings. The van der Waals surface area contributed by atoms with Crippen molar-refractivity contribution in [1.29, 1.82) is 0 Å². The summed E-state index contributed by atoms with van der Waals surface area (Å²) in [5.74, 6) is 1.96. The van der Waals surface area contributed by atoms with Gasteiger partial charge in [0.05, 0.1) is 16.6 Å². The van der Waals surface area contributed by atoms with Crippen LogP contribution >= 0.6 is 34.7 Å². The fourth-order valence-electron chi connectivity index (χ4n) is 3.55. The second kappa shape index (κ2) is 9.54.